The molecule has 1 heterocycles. The molecule has 2 amide bonds. The summed E-state index contributed by atoms with van der Waals surface area (Å²) in [6.07, 6.45) is 5.97. The average Bonchev–Trinajstić information content (AvgIpc) is 3.02. The number of amides is 2. The Morgan fingerprint density at radius 3 is 2.36 bits per heavy atom. The van der Waals surface area contributed by atoms with Crippen LogP contribution in [-0.4, -0.2) is 44.8 Å². The first kappa shape index (κ1) is 17.7. The fourth-order valence-electron chi connectivity index (χ4n) is 4.06. The van der Waals surface area contributed by atoms with Crippen LogP contribution in [0.4, 0.5) is 10.5 Å². The summed E-state index contributed by atoms with van der Waals surface area (Å²) in [6.45, 7) is 2.71. The van der Waals surface area contributed by atoms with Crippen LogP contribution in [0, 0.1) is 12.8 Å². The summed E-state index contributed by atoms with van der Waals surface area (Å²) in [5.74, 6) is 2.46. The second kappa shape index (κ2) is 7.42. The Hall–Kier alpha value is -2.11. The van der Waals surface area contributed by atoms with Crippen LogP contribution >= 0.6 is 0 Å². The molecule has 1 aliphatic heterocycles. The van der Waals surface area contributed by atoms with E-state index in [9.17, 15) is 4.79 Å². The van der Waals surface area contributed by atoms with Gasteiger partial charge in [0.15, 0.2) is 11.5 Å². The van der Waals surface area contributed by atoms with Crippen molar-refractivity contribution in [1.29, 1.82) is 0 Å². The third kappa shape index (κ3) is 3.22. The normalized spacial score (nSPS) is 20.2. The molecular formula is C19H28N2O4. The molecule has 0 unspecified atom stereocenters. The lowest BCUT2D eigenvalue weighted by atomic mass is 9.79. The summed E-state index contributed by atoms with van der Waals surface area (Å²) in [5, 5.41) is 3.03. The topological polar surface area (TPSA) is 60.0 Å². The second-order valence-electron chi connectivity index (χ2n) is 6.84. The van der Waals surface area contributed by atoms with Crippen LogP contribution in [0.5, 0.6) is 17.2 Å². The second-order valence-corrected chi connectivity index (χ2v) is 6.84. The van der Waals surface area contributed by atoms with Gasteiger partial charge in [-0.1, -0.05) is 6.42 Å². The number of nitrogens with zero attached hydrogens (tertiary/aromatic N) is 1. The third-order valence-corrected chi connectivity index (χ3v) is 5.55. The SMILES string of the molecule is COc1cc(NC(=O)N2CCC[C@H]2C2CCC2)c(OC)c(C)c1OC. The molecule has 3 rings (SSSR count). The van der Waals surface area contributed by atoms with Gasteiger partial charge >= 0.3 is 6.03 Å². The van der Waals surface area contributed by atoms with E-state index in [1.165, 1.54) is 19.3 Å². The zero-order valence-electron chi connectivity index (χ0n) is 15.6. The molecule has 2 fully saturated rings. The number of likely N-dealkylation sites (tertiary alicyclic amines) is 1. The molecule has 0 radical (unpaired) electrons. The van der Waals surface area contributed by atoms with E-state index in [-0.39, 0.29) is 6.03 Å². The summed E-state index contributed by atoms with van der Waals surface area (Å²) in [6, 6.07) is 2.08. The number of urea groups is 1. The average molecular weight is 348 g/mol. The van der Waals surface area contributed by atoms with Crippen molar-refractivity contribution in [2.45, 2.75) is 45.1 Å². The zero-order valence-corrected chi connectivity index (χ0v) is 15.6. The Bertz CT molecular complexity index is 643. The standard InChI is InChI=1S/C19H28N2O4/c1-12-17(24-3)14(11-16(23-2)18(12)25-4)20-19(22)21-10-6-9-15(21)13-7-5-8-13/h11,13,15H,5-10H2,1-4H3,(H,20,22)/t15-/m0/s1. The number of ether oxygens (including phenoxy) is 3. The Balaban J connectivity index is 1.84. The van der Waals surface area contributed by atoms with Gasteiger partial charge in [-0.3, -0.25) is 0 Å². The number of anilines is 1. The van der Waals surface area contributed by atoms with Crippen molar-refractivity contribution < 1.29 is 19.0 Å². The number of nitrogens with one attached hydrogen (secondary N) is 1. The molecule has 6 nitrogen and oxygen atoms in total. The smallest absolute Gasteiger partial charge is 0.322 e. The minimum Gasteiger partial charge on any atom is -0.494 e. The van der Waals surface area contributed by atoms with Crippen molar-refractivity contribution in [3.05, 3.63) is 11.6 Å². The lowest BCUT2D eigenvalue weighted by Crippen LogP contribution is -2.44. The van der Waals surface area contributed by atoms with Crippen LogP contribution in [-0.2, 0) is 0 Å². The summed E-state index contributed by atoms with van der Waals surface area (Å²) < 4.78 is 16.3. The van der Waals surface area contributed by atoms with Crippen LogP contribution in [0.1, 0.15) is 37.7 Å². The fourth-order valence-corrected chi connectivity index (χ4v) is 4.06. The molecule has 138 valence electrons. The molecule has 2 aliphatic rings. The molecular weight excluding hydrogens is 320 g/mol. The highest BCUT2D eigenvalue weighted by molar-refractivity contribution is 5.92. The molecule has 1 aromatic carbocycles. The van der Waals surface area contributed by atoms with Crippen LogP contribution in [0.15, 0.2) is 6.07 Å². The zero-order chi connectivity index (χ0) is 18.0. The summed E-state index contributed by atoms with van der Waals surface area (Å²) >= 11 is 0. The summed E-state index contributed by atoms with van der Waals surface area (Å²) in [5.41, 5.74) is 1.42. The number of hydrogen-bond acceptors (Lipinski definition) is 4. The van der Waals surface area contributed by atoms with Crippen LogP contribution in [0.2, 0.25) is 0 Å². The monoisotopic (exact) mass is 348 g/mol. The van der Waals surface area contributed by atoms with Crippen molar-refractivity contribution >= 4 is 11.7 Å². The van der Waals surface area contributed by atoms with Crippen LogP contribution in [0.25, 0.3) is 0 Å². The first-order valence-corrected chi connectivity index (χ1v) is 8.97. The van der Waals surface area contributed by atoms with Gasteiger partial charge in [-0.15, -0.1) is 0 Å². The number of carbonyl (C=O) groups excluding carboxylic acids is 1. The maximum atomic E-state index is 12.9. The van der Waals surface area contributed by atoms with E-state index in [0.717, 1.165) is 24.9 Å². The van der Waals surface area contributed by atoms with E-state index in [2.05, 4.69) is 5.32 Å². The lowest BCUT2D eigenvalue weighted by molar-refractivity contribution is 0.148. The van der Waals surface area contributed by atoms with E-state index in [4.69, 9.17) is 14.2 Å². The number of rotatable bonds is 5. The molecule has 1 saturated carbocycles. The van der Waals surface area contributed by atoms with Gasteiger partial charge < -0.3 is 24.4 Å². The first-order chi connectivity index (χ1) is 12.1. The minimum absolute atomic E-state index is 0.0562. The Labute approximate surface area is 149 Å². The van der Waals surface area contributed by atoms with Crippen LogP contribution in [0.3, 0.4) is 0 Å². The molecule has 1 saturated heterocycles. The number of methoxy groups -OCH3 is 3. The predicted octanol–water partition coefficient (Wildman–Crippen LogP) is 3.82. The Morgan fingerprint density at radius 2 is 1.80 bits per heavy atom. The van der Waals surface area contributed by atoms with E-state index < -0.39 is 0 Å². The van der Waals surface area contributed by atoms with E-state index in [1.807, 2.05) is 11.8 Å². The van der Waals surface area contributed by atoms with Crippen LogP contribution < -0.4 is 19.5 Å². The molecule has 0 aromatic heterocycles. The van der Waals surface area contributed by atoms with Gasteiger partial charge in [0, 0.05) is 24.2 Å². The van der Waals surface area contributed by atoms with Gasteiger partial charge in [-0.05, 0) is 38.5 Å². The number of hydrogen-bond donors (Lipinski definition) is 1. The van der Waals surface area contributed by atoms with Crippen molar-refractivity contribution in [3.8, 4) is 17.2 Å². The largest absolute Gasteiger partial charge is 0.494 e. The highest BCUT2D eigenvalue weighted by Gasteiger charge is 2.37. The lowest BCUT2D eigenvalue weighted by Gasteiger charge is -2.37. The summed E-state index contributed by atoms with van der Waals surface area (Å²) in [4.78, 5) is 14.9. The Morgan fingerprint density at radius 1 is 1.08 bits per heavy atom. The van der Waals surface area contributed by atoms with E-state index >= 15 is 0 Å². The molecule has 6 heteroatoms. The molecule has 1 aromatic rings. The van der Waals surface area contributed by atoms with Gasteiger partial charge in [0.05, 0.1) is 27.0 Å². The molecule has 1 N–H and O–H groups in total. The fraction of sp³-hybridized carbons (Fsp3) is 0.632. The molecule has 25 heavy (non-hydrogen) atoms. The minimum atomic E-state index is -0.0562. The van der Waals surface area contributed by atoms with Crippen molar-refractivity contribution in [3.63, 3.8) is 0 Å². The molecule has 0 bridgehead atoms. The van der Waals surface area contributed by atoms with Gasteiger partial charge in [0.2, 0.25) is 0 Å². The van der Waals surface area contributed by atoms with Crippen molar-refractivity contribution in [2.24, 2.45) is 5.92 Å². The maximum Gasteiger partial charge on any atom is 0.322 e. The van der Waals surface area contributed by atoms with E-state index in [1.54, 1.807) is 27.4 Å². The molecule has 1 atom stereocenters. The van der Waals surface area contributed by atoms with Gasteiger partial charge in [-0.25, -0.2) is 4.79 Å². The van der Waals surface area contributed by atoms with Gasteiger partial charge in [0.25, 0.3) is 0 Å². The van der Waals surface area contributed by atoms with E-state index in [0.29, 0.717) is 34.9 Å². The quantitative estimate of drug-likeness (QED) is 0.879. The number of benzene rings is 1. The summed E-state index contributed by atoms with van der Waals surface area (Å²) in [7, 11) is 4.77. The number of carbonyl (C=O) groups is 1. The maximum absolute atomic E-state index is 12.9. The highest BCUT2D eigenvalue weighted by Crippen LogP contribution is 2.43. The van der Waals surface area contributed by atoms with Gasteiger partial charge in [-0.2, -0.15) is 0 Å². The Kier molecular flexibility index (Phi) is 5.25. The molecule has 0 spiro atoms. The first-order valence-electron chi connectivity index (χ1n) is 8.97. The van der Waals surface area contributed by atoms with Gasteiger partial charge in [0.1, 0.15) is 5.75 Å². The molecule has 1 aliphatic carbocycles. The highest BCUT2D eigenvalue weighted by atomic mass is 16.5. The third-order valence-electron chi connectivity index (χ3n) is 5.55. The predicted molar refractivity (Wildman–Crippen MR) is 96.9 cm³/mol. The van der Waals surface area contributed by atoms with Crippen molar-refractivity contribution in [2.75, 3.05) is 33.2 Å². The van der Waals surface area contributed by atoms with Crippen molar-refractivity contribution in [1.82, 2.24) is 4.90 Å².